The van der Waals surface area contributed by atoms with E-state index in [-0.39, 0.29) is 5.60 Å². The smallest absolute Gasteiger partial charge is 0.129 e. The van der Waals surface area contributed by atoms with Gasteiger partial charge in [-0.3, -0.25) is 0 Å². The molecule has 1 heterocycles. The van der Waals surface area contributed by atoms with E-state index in [1.165, 1.54) is 32.1 Å². The van der Waals surface area contributed by atoms with Crippen LogP contribution in [0.2, 0.25) is 0 Å². The summed E-state index contributed by atoms with van der Waals surface area (Å²) in [6, 6.07) is 0. The van der Waals surface area contributed by atoms with Gasteiger partial charge in [-0.1, -0.05) is 27.2 Å². The molecule has 2 heteroatoms. The predicted octanol–water partition coefficient (Wildman–Crippen LogP) is 4.37. The summed E-state index contributed by atoms with van der Waals surface area (Å²) in [4.78, 5) is 11.5. The molecule has 0 bridgehead atoms. The van der Waals surface area contributed by atoms with Gasteiger partial charge in [0.2, 0.25) is 0 Å². The molecule has 0 radical (unpaired) electrons. The molecule has 1 spiro atoms. The Balaban J connectivity index is 1.88. The second-order valence-electron chi connectivity index (χ2n) is 8.59. The summed E-state index contributed by atoms with van der Waals surface area (Å²) in [5.41, 5.74) is 0.984. The molecule has 1 saturated heterocycles. The van der Waals surface area contributed by atoms with Crippen LogP contribution in [0.1, 0.15) is 72.6 Å². The van der Waals surface area contributed by atoms with Gasteiger partial charge in [0.1, 0.15) is 5.78 Å². The molecule has 1 aliphatic heterocycles. The fourth-order valence-corrected chi connectivity index (χ4v) is 5.85. The first-order chi connectivity index (χ1) is 9.30. The summed E-state index contributed by atoms with van der Waals surface area (Å²) in [5, 5.41) is 0. The molecular weight excluding hydrogens is 248 g/mol. The van der Waals surface area contributed by atoms with Crippen molar-refractivity contribution in [3.05, 3.63) is 0 Å². The third-order valence-electron chi connectivity index (χ3n) is 6.86. The molecule has 2 saturated carbocycles. The third kappa shape index (κ3) is 2.15. The summed E-state index contributed by atoms with van der Waals surface area (Å²) in [6.45, 7) is 10.1. The van der Waals surface area contributed by atoms with Crippen molar-refractivity contribution in [2.45, 2.75) is 78.2 Å². The molecule has 0 aromatic heterocycles. The summed E-state index contributed by atoms with van der Waals surface area (Å²) in [7, 11) is 0. The monoisotopic (exact) mass is 278 g/mol. The number of fused-ring (bicyclic) bond motifs is 1. The van der Waals surface area contributed by atoms with Crippen LogP contribution in [-0.2, 0) is 9.53 Å². The Morgan fingerprint density at radius 2 is 1.90 bits per heavy atom. The van der Waals surface area contributed by atoms with Crippen LogP contribution in [0, 0.1) is 22.7 Å². The van der Waals surface area contributed by atoms with E-state index in [2.05, 4.69) is 20.8 Å². The van der Waals surface area contributed by atoms with Gasteiger partial charge in [-0.15, -0.1) is 0 Å². The van der Waals surface area contributed by atoms with E-state index in [4.69, 9.17) is 4.74 Å². The summed E-state index contributed by atoms with van der Waals surface area (Å²) < 4.78 is 5.95. The van der Waals surface area contributed by atoms with Crippen LogP contribution in [0.5, 0.6) is 0 Å². The Morgan fingerprint density at radius 3 is 2.50 bits per heavy atom. The highest BCUT2D eigenvalue weighted by Gasteiger charge is 2.64. The maximum atomic E-state index is 11.5. The lowest BCUT2D eigenvalue weighted by Gasteiger charge is -2.59. The minimum atomic E-state index is 0.147. The van der Waals surface area contributed by atoms with Crippen LogP contribution in [-0.4, -0.2) is 18.0 Å². The van der Waals surface area contributed by atoms with E-state index in [1.807, 2.05) is 0 Å². The van der Waals surface area contributed by atoms with Gasteiger partial charge in [-0.2, -0.15) is 0 Å². The van der Waals surface area contributed by atoms with E-state index in [0.717, 1.165) is 25.4 Å². The van der Waals surface area contributed by atoms with Crippen LogP contribution < -0.4 is 0 Å². The molecule has 0 N–H and O–H groups in total. The van der Waals surface area contributed by atoms with Crippen molar-refractivity contribution < 1.29 is 9.53 Å². The zero-order chi connectivity index (χ0) is 14.6. The highest BCUT2D eigenvalue weighted by Crippen LogP contribution is 2.66. The first-order valence-electron chi connectivity index (χ1n) is 8.44. The number of epoxide rings is 1. The Labute approximate surface area is 123 Å². The molecule has 0 unspecified atom stereocenters. The summed E-state index contributed by atoms with van der Waals surface area (Å²) in [6.07, 6.45) is 8.35. The Hall–Kier alpha value is -0.370. The predicted molar refractivity (Wildman–Crippen MR) is 80.6 cm³/mol. The zero-order valence-corrected chi connectivity index (χ0v) is 13.6. The molecule has 2 aliphatic carbocycles. The van der Waals surface area contributed by atoms with E-state index < -0.39 is 0 Å². The van der Waals surface area contributed by atoms with Crippen molar-refractivity contribution in [1.82, 2.24) is 0 Å². The highest BCUT2D eigenvalue weighted by atomic mass is 16.6. The topological polar surface area (TPSA) is 29.6 Å². The molecule has 114 valence electrons. The number of ether oxygens (including phenoxy) is 1. The Morgan fingerprint density at radius 1 is 1.20 bits per heavy atom. The maximum Gasteiger partial charge on any atom is 0.129 e. The number of ketones is 1. The van der Waals surface area contributed by atoms with Crippen molar-refractivity contribution in [3.8, 4) is 0 Å². The first-order valence-corrected chi connectivity index (χ1v) is 8.44. The van der Waals surface area contributed by atoms with Gasteiger partial charge in [0.05, 0.1) is 12.2 Å². The normalized spacial score (nSPS) is 46.0. The molecular formula is C18H30O2. The van der Waals surface area contributed by atoms with E-state index in [0.29, 0.717) is 22.5 Å². The van der Waals surface area contributed by atoms with Crippen molar-refractivity contribution in [2.75, 3.05) is 6.61 Å². The lowest BCUT2D eigenvalue weighted by Crippen LogP contribution is -2.54. The second-order valence-corrected chi connectivity index (χ2v) is 8.59. The Kier molecular flexibility index (Phi) is 3.32. The molecule has 0 aromatic rings. The summed E-state index contributed by atoms with van der Waals surface area (Å²) >= 11 is 0. The molecule has 0 aromatic carbocycles. The minimum Gasteiger partial charge on any atom is -0.369 e. The lowest BCUT2D eigenvalue weighted by atomic mass is 9.46. The van der Waals surface area contributed by atoms with E-state index in [9.17, 15) is 4.79 Å². The number of hydrogen-bond acceptors (Lipinski definition) is 2. The Bertz CT molecular complexity index is 408. The zero-order valence-electron chi connectivity index (χ0n) is 13.6. The first kappa shape index (κ1) is 14.6. The van der Waals surface area contributed by atoms with Crippen molar-refractivity contribution >= 4 is 5.78 Å². The van der Waals surface area contributed by atoms with Gasteiger partial charge in [0.25, 0.3) is 0 Å². The summed E-state index contributed by atoms with van der Waals surface area (Å²) in [5.74, 6) is 1.73. The largest absolute Gasteiger partial charge is 0.369 e. The van der Waals surface area contributed by atoms with Crippen LogP contribution in [0.4, 0.5) is 0 Å². The standard InChI is InChI=1S/C18H30O2/c1-13(19)6-7-15-17(4)10-5-9-16(2,3)14(17)8-11-18(15)12-20-18/h14-15H,5-12H2,1-4H3/t14-,15+,17-,18-/m0/s1. The molecule has 2 nitrogen and oxygen atoms in total. The fourth-order valence-electron chi connectivity index (χ4n) is 5.85. The van der Waals surface area contributed by atoms with E-state index in [1.54, 1.807) is 6.92 Å². The number of rotatable bonds is 3. The van der Waals surface area contributed by atoms with Gasteiger partial charge < -0.3 is 9.53 Å². The van der Waals surface area contributed by atoms with Crippen molar-refractivity contribution in [2.24, 2.45) is 22.7 Å². The fraction of sp³-hybridized carbons (Fsp3) is 0.944. The average Bonchev–Trinajstić information content (AvgIpc) is 3.07. The molecule has 3 aliphatic rings. The average molecular weight is 278 g/mol. The van der Waals surface area contributed by atoms with Crippen LogP contribution in [0.15, 0.2) is 0 Å². The molecule has 3 rings (SSSR count). The molecule has 4 atom stereocenters. The van der Waals surface area contributed by atoms with Gasteiger partial charge in [0.15, 0.2) is 0 Å². The van der Waals surface area contributed by atoms with E-state index >= 15 is 0 Å². The number of Topliss-reactive ketones (excluding diaryl/α,β-unsaturated/α-hetero) is 1. The van der Waals surface area contributed by atoms with Gasteiger partial charge in [-0.25, -0.2) is 0 Å². The highest BCUT2D eigenvalue weighted by molar-refractivity contribution is 5.75. The number of carbonyl (C=O) groups is 1. The van der Waals surface area contributed by atoms with Crippen molar-refractivity contribution in [3.63, 3.8) is 0 Å². The quantitative estimate of drug-likeness (QED) is 0.718. The second kappa shape index (κ2) is 4.56. The van der Waals surface area contributed by atoms with Crippen molar-refractivity contribution in [1.29, 1.82) is 0 Å². The number of carbonyl (C=O) groups excluding carboxylic acids is 1. The van der Waals surface area contributed by atoms with Gasteiger partial charge in [0, 0.05) is 6.42 Å². The third-order valence-corrected chi connectivity index (χ3v) is 6.86. The maximum absolute atomic E-state index is 11.5. The minimum absolute atomic E-state index is 0.147. The number of hydrogen-bond donors (Lipinski definition) is 0. The molecule has 3 fully saturated rings. The van der Waals surface area contributed by atoms with Crippen LogP contribution in [0.25, 0.3) is 0 Å². The SMILES string of the molecule is CC(=O)CC[C@H]1[C@]2(CC[C@H]3C(C)(C)CCC[C@@]31C)CO2. The molecule has 20 heavy (non-hydrogen) atoms. The van der Waals surface area contributed by atoms with Crippen LogP contribution >= 0.6 is 0 Å². The van der Waals surface area contributed by atoms with Crippen LogP contribution in [0.3, 0.4) is 0 Å². The van der Waals surface area contributed by atoms with Gasteiger partial charge >= 0.3 is 0 Å². The molecule has 0 amide bonds. The van der Waals surface area contributed by atoms with Gasteiger partial charge in [-0.05, 0) is 61.7 Å². The lowest BCUT2D eigenvalue weighted by molar-refractivity contribution is -0.122.